The minimum atomic E-state index is -3.66. The maximum Gasteiger partial charge on any atom is 0.248 e. The Balaban J connectivity index is 1.54. The topological polar surface area (TPSA) is 95.8 Å². The molecule has 0 spiro atoms. The second kappa shape index (κ2) is 8.96. The molecule has 3 rings (SSSR count). The van der Waals surface area contributed by atoms with E-state index in [9.17, 15) is 13.2 Å². The average molecular weight is 441 g/mol. The van der Waals surface area contributed by atoms with Crippen LogP contribution in [0, 0.1) is 25.2 Å². The van der Waals surface area contributed by atoms with Crippen molar-refractivity contribution in [2.24, 2.45) is 11.3 Å². The summed E-state index contributed by atoms with van der Waals surface area (Å²) in [7, 11) is -3.66. The van der Waals surface area contributed by atoms with E-state index in [0.29, 0.717) is 43.0 Å². The monoisotopic (exact) mass is 440 g/mol. The Bertz CT molecular complexity index is 831. The summed E-state index contributed by atoms with van der Waals surface area (Å²) < 4.78 is 32.3. The Hall–Kier alpha value is -1.45. The van der Waals surface area contributed by atoms with Gasteiger partial charge in [-0.05, 0) is 38.0 Å². The molecule has 2 heterocycles. The zero-order chi connectivity index (χ0) is 22.1. The Kier molecular flexibility index (Phi) is 6.94. The molecule has 2 atom stereocenters. The van der Waals surface area contributed by atoms with Crippen LogP contribution in [0.15, 0.2) is 9.42 Å². The number of nitrogens with zero attached hydrogens (tertiary/aromatic N) is 3. The number of carbonyl (C=O) groups is 1. The number of sulfonamides is 1. The number of hydrogen-bond donors (Lipinski definition) is 1. The maximum absolute atomic E-state index is 12.9. The standard InChI is InChI=1S/C21H36N4O4S/c1-15-20(16(2)29-23-15)30(27,28)25-12-10-24(11-13-25)19(26)14-22-18-9-7-6-8-17(18)21(3,4)5/h17-18,22H,6-14H2,1-5H3. The summed E-state index contributed by atoms with van der Waals surface area (Å²) in [5.41, 5.74) is 0.593. The normalized spacial score (nSPS) is 24.2. The summed E-state index contributed by atoms with van der Waals surface area (Å²) in [5, 5.41) is 7.27. The van der Waals surface area contributed by atoms with Gasteiger partial charge in [-0.3, -0.25) is 4.79 Å². The SMILES string of the molecule is Cc1noc(C)c1S(=O)(=O)N1CCN(C(=O)CNC2CCCCC2C(C)(C)C)CC1. The highest BCUT2D eigenvalue weighted by molar-refractivity contribution is 7.89. The van der Waals surface area contributed by atoms with E-state index in [1.807, 2.05) is 0 Å². The van der Waals surface area contributed by atoms with E-state index in [1.165, 1.54) is 23.6 Å². The first-order valence-electron chi connectivity index (χ1n) is 11.0. The lowest BCUT2D eigenvalue weighted by Crippen LogP contribution is -2.54. The van der Waals surface area contributed by atoms with Crippen LogP contribution in [0.4, 0.5) is 0 Å². The molecule has 2 unspecified atom stereocenters. The molecule has 9 heteroatoms. The van der Waals surface area contributed by atoms with Crippen LogP contribution in [-0.4, -0.2) is 67.5 Å². The minimum absolute atomic E-state index is 0.0441. The van der Waals surface area contributed by atoms with Crippen LogP contribution in [0.2, 0.25) is 0 Å². The first-order chi connectivity index (χ1) is 14.0. The van der Waals surface area contributed by atoms with Crippen LogP contribution in [0.3, 0.4) is 0 Å². The van der Waals surface area contributed by atoms with Crippen LogP contribution in [0.1, 0.15) is 57.9 Å². The van der Waals surface area contributed by atoms with E-state index in [2.05, 4.69) is 31.2 Å². The van der Waals surface area contributed by atoms with E-state index in [-0.39, 0.29) is 29.3 Å². The third-order valence-electron chi connectivity index (χ3n) is 6.55. The minimum Gasteiger partial charge on any atom is -0.360 e. The summed E-state index contributed by atoms with van der Waals surface area (Å²) in [5.74, 6) is 0.912. The highest BCUT2D eigenvalue weighted by atomic mass is 32.2. The lowest BCUT2D eigenvalue weighted by molar-refractivity contribution is -0.131. The van der Waals surface area contributed by atoms with E-state index < -0.39 is 10.0 Å². The Morgan fingerprint density at radius 1 is 1.13 bits per heavy atom. The molecule has 1 aliphatic carbocycles. The second-order valence-electron chi connectivity index (χ2n) is 9.68. The van der Waals surface area contributed by atoms with Gasteiger partial charge in [0.2, 0.25) is 15.9 Å². The van der Waals surface area contributed by atoms with Crippen molar-refractivity contribution < 1.29 is 17.7 Å². The molecule has 1 aromatic rings. The van der Waals surface area contributed by atoms with Crippen LogP contribution >= 0.6 is 0 Å². The molecular weight excluding hydrogens is 404 g/mol. The molecule has 0 aromatic carbocycles. The average Bonchev–Trinajstić information content (AvgIpc) is 3.04. The van der Waals surface area contributed by atoms with Crippen LogP contribution in [0.5, 0.6) is 0 Å². The molecular formula is C21H36N4O4S. The number of piperazine rings is 1. The molecule has 1 aliphatic heterocycles. The summed E-state index contributed by atoms with van der Waals surface area (Å²) >= 11 is 0. The van der Waals surface area contributed by atoms with Gasteiger partial charge in [-0.15, -0.1) is 0 Å². The zero-order valence-corrected chi connectivity index (χ0v) is 19.7. The summed E-state index contributed by atoms with van der Waals surface area (Å²) in [6.45, 7) is 11.7. The van der Waals surface area contributed by atoms with Crippen LogP contribution in [0.25, 0.3) is 0 Å². The third kappa shape index (κ3) is 4.89. The van der Waals surface area contributed by atoms with Crippen molar-refractivity contribution in [3.8, 4) is 0 Å². The lowest BCUT2D eigenvalue weighted by atomic mass is 9.69. The van der Waals surface area contributed by atoms with Gasteiger partial charge in [0, 0.05) is 32.2 Å². The first kappa shape index (κ1) is 23.2. The van der Waals surface area contributed by atoms with E-state index in [0.717, 1.165) is 6.42 Å². The number of amides is 1. The molecule has 30 heavy (non-hydrogen) atoms. The van der Waals surface area contributed by atoms with Gasteiger partial charge in [-0.25, -0.2) is 8.42 Å². The largest absolute Gasteiger partial charge is 0.360 e. The van der Waals surface area contributed by atoms with Gasteiger partial charge in [0.25, 0.3) is 0 Å². The van der Waals surface area contributed by atoms with Gasteiger partial charge in [0.05, 0.1) is 6.54 Å². The fraction of sp³-hybridized carbons (Fsp3) is 0.810. The molecule has 0 bridgehead atoms. The van der Waals surface area contributed by atoms with Crippen molar-refractivity contribution in [2.75, 3.05) is 32.7 Å². The highest BCUT2D eigenvalue weighted by Crippen LogP contribution is 2.38. The number of rotatable bonds is 5. The smallest absolute Gasteiger partial charge is 0.248 e. The molecule has 1 saturated carbocycles. The molecule has 1 amide bonds. The zero-order valence-electron chi connectivity index (χ0n) is 18.9. The number of nitrogens with one attached hydrogen (secondary N) is 1. The van der Waals surface area contributed by atoms with Crippen molar-refractivity contribution in [2.45, 2.75) is 71.2 Å². The van der Waals surface area contributed by atoms with Crippen molar-refractivity contribution in [1.82, 2.24) is 19.7 Å². The molecule has 8 nitrogen and oxygen atoms in total. The van der Waals surface area contributed by atoms with Crippen molar-refractivity contribution in [3.63, 3.8) is 0 Å². The van der Waals surface area contributed by atoms with E-state index in [4.69, 9.17) is 4.52 Å². The van der Waals surface area contributed by atoms with Crippen molar-refractivity contribution in [3.05, 3.63) is 11.5 Å². The predicted octanol–water partition coefficient (Wildman–Crippen LogP) is 2.32. The molecule has 2 aliphatic rings. The number of aryl methyl sites for hydroxylation is 2. The van der Waals surface area contributed by atoms with Gasteiger partial charge in [-0.1, -0.05) is 38.8 Å². The summed E-state index contributed by atoms with van der Waals surface area (Å²) in [6.07, 6.45) is 4.78. The molecule has 1 saturated heterocycles. The van der Waals surface area contributed by atoms with Crippen LogP contribution in [-0.2, 0) is 14.8 Å². The van der Waals surface area contributed by atoms with E-state index in [1.54, 1.807) is 18.7 Å². The van der Waals surface area contributed by atoms with Gasteiger partial charge < -0.3 is 14.7 Å². The lowest BCUT2D eigenvalue weighted by Gasteiger charge is -2.41. The Labute approximate surface area is 180 Å². The highest BCUT2D eigenvalue weighted by Gasteiger charge is 2.36. The molecule has 1 aromatic heterocycles. The van der Waals surface area contributed by atoms with Crippen LogP contribution < -0.4 is 5.32 Å². The second-order valence-corrected chi connectivity index (χ2v) is 11.6. The van der Waals surface area contributed by atoms with Gasteiger partial charge >= 0.3 is 0 Å². The fourth-order valence-electron chi connectivity index (χ4n) is 4.89. The summed E-state index contributed by atoms with van der Waals surface area (Å²) in [6, 6.07) is 0.365. The van der Waals surface area contributed by atoms with E-state index >= 15 is 0 Å². The molecule has 1 N–H and O–H groups in total. The molecule has 0 radical (unpaired) electrons. The Morgan fingerprint density at radius 2 is 1.77 bits per heavy atom. The number of hydrogen-bond acceptors (Lipinski definition) is 6. The first-order valence-corrected chi connectivity index (χ1v) is 12.4. The van der Waals surface area contributed by atoms with Gasteiger partial charge in [-0.2, -0.15) is 4.31 Å². The molecule has 2 fully saturated rings. The Morgan fingerprint density at radius 3 is 2.33 bits per heavy atom. The third-order valence-corrected chi connectivity index (χ3v) is 8.69. The van der Waals surface area contributed by atoms with Crippen molar-refractivity contribution >= 4 is 15.9 Å². The quantitative estimate of drug-likeness (QED) is 0.755. The van der Waals surface area contributed by atoms with Crippen molar-refractivity contribution in [1.29, 1.82) is 0 Å². The number of aromatic nitrogens is 1. The van der Waals surface area contributed by atoms with Gasteiger partial charge in [0.1, 0.15) is 10.6 Å². The number of carbonyl (C=O) groups excluding carboxylic acids is 1. The maximum atomic E-state index is 12.9. The van der Waals surface area contributed by atoms with Gasteiger partial charge in [0.15, 0.2) is 5.76 Å². The predicted molar refractivity (Wildman–Crippen MR) is 115 cm³/mol. The molecule has 170 valence electrons. The summed E-state index contributed by atoms with van der Waals surface area (Å²) in [4.78, 5) is 14.7. The fourth-order valence-corrected chi connectivity index (χ4v) is 6.61.